The van der Waals surface area contributed by atoms with Crippen LogP contribution in [-0.2, 0) is 5.41 Å². The highest BCUT2D eigenvalue weighted by molar-refractivity contribution is 6.23. The van der Waals surface area contributed by atoms with Gasteiger partial charge < -0.3 is 19.6 Å². The lowest BCUT2D eigenvalue weighted by molar-refractivity contribution is 0.660. The minimum absolute atomic E-state index is 0.176. The topological polar surface area (TPSA) is 13.0 Å². The molecule has 0 bridgehead atoms. The fourth-order valence-electron chi connectivity index (χ4n) is 13.0. The third-order valence-corrected chi connectivity index (χ3v) is 16.6. The van der Waals surface area contributed by atoms with Gasteiger partial charge in [0.1, 0.15) is 0 Å². The molecular formula is C71H52N4. The highest BCUT2D eigenvalue weighted by atomic mass is 15.3. The summed E-state index contributed by atoms with van der Waals surface area (Å²) in [6, 6.07) is 90.7. The molecule has 0 spiro atoms. The van der Waals surface area contributed by atoms with Gasteiger partial charge in [0.2, 0.25) is 0 Å². The van der Waals surface area contributed by atoms with E-state index >= 15 is 0 Å². The number of para-hydroxylation sites is 8. The van der Waals surface area contributed by atoms with Crippen LogP contribution >= 0.6 is 0 Å². The molecule has 0 saturated heterocycles. The van der Waals surface area contributed by atoms with Crippen LogP contribution in [0, 0.1) is 0 Å². The van der Waals surface area contributed by atoms with Gasteiger partial charge in [0, 0.05) is 30.9 Å². The van der Waals surface area contributed by atoms with Gasteiger partial charge >= 0.3 is 0 Å². The maximum Gasteiger partial charge on any atom is 0.0699 e. The van der Waals surface area contributed by atoms with Crippen molar-refractivity contribution in [1.29, 1.82) is 0 Å². The first kappa shape index (κ1) is 43.2. The fourth-order valence-corrected chi connectivity index (χ4v) is 13.0. The molecule has 356 valence electrons. The van der Waals surface area contributed by atoms with Crippen LogP contribution in [0.25, 0.3) is 76.8 Å². The molecule has 75 heavy (non-hydrogen) atoms. The minimum Gasteiger partial charge on any atom is -0.341 e. The van der Waals surface area contributed by atoms with Crippen molar-refractivity contribution in [3.63, 3.8) is 0 Å². The molecule has 12 aromatic rings. The van der Waals surface area contributed by atoms with E-state index in [-0.39, 0.29) is 5.41 Å². The van der Waals surface area contributed by atoms with Crippen molar-refractivity contribution in [1.82, 2.24) is 0 Å². The maximum absolute atomic E-state index is 2.51. The number of anilines is 10. The highest BCUT2D eigenvalue weighted by Gasteiger charge is 2.36. The zero-order chi connectivity index (χ0) is 50.1. The van der Waals surface area contributed by atoms with E-state index in [2.05, 4.69) is 290 Å². The predicted molar refractivity (Wildman–Crippen MR) is 318 cm³/mol. The Labute approximate surface area is 438 Å². The molecule has 0 radical (unpaired) electrons. The van der Waals surface area contributed by atoms with E-state index in [9.17, 15) is 0 Å². The molecule has 0 N–H and O–H groups in total. The van der Waals surface area contributed by atoms with Gasteiger partial charge in [-0.3, -0.25) is 0 Å². The van der Waals surface area contributed by atoms with Gasteiger partial charge in [0.25, 0.3) is 0 Å². The molecule has 4 heteroatoms. The van der Waals surface area contributed by atoms with Crippen molar-refractivity contribution in [2.45, 2.75) is 19.3 Å². The molecule has 4 nitrogen and oxygen atoms in total. The zero-order valence-corrected chi connectivity index (χ0v) is 42.4. The van der Waals surface area contributed by atoms with Crippen LogP contribution in [0.2, 0.25) is 0 Å². The molecule has 0 fully saturated rings. The lowest BCUT2D eigenvalue weighted by Crippen LogP contribution is -2.24. The monoisotopic (exact) mass is 960 g/mol. The molecular weight excluding hydrogens is 909 g/mol. The Balaban J connectivity index is 1.05. The molecule has 2 heterocycles. The molecule has 0 saturated carbocycles. The average Bonchev–Trinajstić information content (AvgIpc) is 3.72. The van der Waals surface area contributed by atoms with Crippen LogP contribution in [0.3, 0.4) is 0 Å². The van der Waals surface area contributed by atoms with Gasteiger partial charge in [-0.15, -0.1) is 0 Å². The van der Waals surface area contributed by atoms with Crippen LogP contribution in [0.15, 0.2) is 243 Å². The first-order valence-corrected chi connectivity index (χ1v) is 26.1. The van der Waals surface area contributed by atoms with Crippen LogP contribution in [0.5, 0.6) is 0 Å². The Bertz CT molecular complexity index is 4260. The van der Waals surface area contributed by atoms with E-state index < -0.39 is 0 Å². The van der Waals surface area contributed by atoms with Gasteiger partial charge in [0.15, 0.2) is 0 Å². The van der Waals surface area contributed by atoms with Crippen molar-refractivity contribution in [3.05, 3.63) is 254 Å². The summed E-state index contributed by atoms with van der Waals surface area (Å²) in [7, 11) is 4.36. The first-order valence-electron chi connectivity index (χ1n) is 26.1. The molecule has 1 aliphatic carbocycles. The van der Waals surface area contributed by atoms with Crippen LogP contribution in [0.4, 0.5) is 56.9 Å². The van der Waals surface area contributed by atoms with Gasteiger partial charge in [-0.25, -0.2) is 0 Å². The summed E-state index contributed by atoms with van der Waals surface area (Å²) in [6.45, 7) is 4.78. The van der Waals surface area contributed by atoms with Gasteiger partial charge in [-0.05, 0) is 179 Å². The summed E-state index contributed by atoms with van der Waals surface area (Å²) in [5.41, 5.74) is 23.9. The normalized spacial score (nSPS) is 13.9. The Kier molecular flexibility index (Phi) is 9.40. The van der Waals surface area contributed by atoms with Crippen LogP contribution in [0.1, 0.15) is 25.0 Å². The Hall–Kier alpha value is -9.38. The third kappa shape index (κ3) is 6.42. The smallest absolute Gasteiger partial charge is 0.0699 e. The number of rotatable bonds is 5. The number of hydrogen-bond donors (Lipinski definition) is 0. The van der Waals surface area contributed by atoms with Crippen molar-refractivity contribution in [3.8, 4) is 44.5 Å². The second-order valence-corrected chi connectivity index (χ2v) is 21.0. The standard InChI is InChI=1S/C71H52N4/c1-71(2)59-23-8-7-22-53(59)54-37-34-50(42-60(54)71)70-56-39-36-51(74-65-28-13-9-24-61(65)72(3)62-25-10-14-29-66(62)74)43-57(56)69(49-21-17-20-47(41-49)48-33-32-45-18-5-6-19-46(45)40-48)55-38-35-52(44-58(55)70)75-67-30-15-11-26-63(67)73(4)64-27-12-16-31-68(64)75/h5-44H,1-4H3. The summed E-state index contributed by atoms with van der Waals surface area (Å²) in [6.07, 6.45) is 0. The molecule has 0 unspecified atom stereocenters. The summed E-state index contributed by atoms with van der Waals surface area (Å²) < 4.78 is 0. The maximum atomic E-state index is 2.51. The number of hydrogen-bond acceptors (Lipinski definition) is 4. The van der Waals surface area contributed by atoms with Crippen LogP contribution in [-0.4, -0.2) is 14.1 Å². The lowest BCUT2D eigenvalue weighted by Gasteiger charge is -2.39. The molecule has 2 aliphatic heterocycles. The Morgan fingerprint density at radius 1 is 0.280 bits per heavy atom. The fraction of sp³-hybridized carbons (Fsp3) is 0.0704. The summed E-state index contributed by atoms with van der Waals surface area (Å²) in [4.78, 5) is 9.57. The van der Waals surface area contributed by atoms with Crippen molar-refractivity contribution < 1.29 is 0 Å². The highest BCUT2D eigenvalue weighted by Crippen LogP contribution is 2.56. The van der Waals surface area contributed by atoms with E-state index in [4.69, 9.17) is 0 Å². The Morgan fingerprint density at radius 3 is 1.27 bits per heavy atom. The van der Waals surface area contributed by atoms with Gasteiger partial charge in [-0.1, -0.05) is 166 Å². The van der Waals surface area contributed by atoms with Crippen LogP contribution < -0.4 is 19.6 Å². The largest absolute Gasteiger partial charge is 0.341 e. The first-order chi connectivity index (χ1) is 36.8. The number of fused-ring (bicyclic) bond motifs is 10. The molecule has 0 atom stereocenters. The third-order valence-electron chi connectivity index (χ3n) is 16.6. The predicted octanol–water partition coefficient (Wildman–Crippen LogP) is 19.6. The molecule has 15 rings (SSSR count). The molecule has 0 amide bonds. The lowest BCUT2D eigenvalue weighted by atomic mass is 9.80. The summed E-state index contributed by atoms with van der Waals surface area (Å²) in [5, 5.41) is 7.29. The molecule has 0 aromatic heterocycles. The quantitative estimate of drug-likeness (QED) is 0.159. The van der Waals surface area contributed by atoms with Crippen molar-refractivity contribution >= 4 is 89.2 Å². The second-order valence-electron chi connectivity index (χ2n) is 21.0. The summed E-state index contributed by atoms with van der Waals surface area (Å²) in [5.74, 6) is 0. The number of benzene rings is 12. The van der Waals surface area contributed by atoms with Crippen molar-refractivity contribution in [2.24, 2.45) is 0 Å². The van der Waals surface area contributed by atoms with E-state index in [1.807, 2.05) is 0 Å². The van der Waals surface area contributed by atoms with E-state index in [1.165, 1.54) is 111 Å². The van der Waals surface area contributed by atoms with Gasteiger partial charge in [-0.2, -0.15) is 0 Å². The SMILES string of the molecule is CN1c2ccccc2N(c2ccc3c(-c4ccc5c(c4)C(C)(C)c4ccccc4-5)c4cc(N5c6ccccc6N(C)c6ccccc65)ccc4c(-c4cccc(-c5ccc6ccccc6c5)c4)c3c2)c2ccccc21. The zero-order valence-electron chi connectivity index (χ0n) is 42.4. The van der Waals surface area contributed by atoms with E-state index in [0.717, 1.165) is 34.1 Å². The van der Waals surface area contributed by atoms with E-state index in [0.29, 0.717) is 0 Å². The minimum atomic E-state index is -0.176. The van der Waals surface area contributed by atoms with Crippen molar-refractivity contribution in [2.75, 3.05) is 33.7 Å². The second kappa shape index (κ2) is 16.3. The molecule has 3 aliphatic rings. The average molecular weight is 961 g/mol. The van der Waals surface area contributed by atoms with Gasteiger partial charge in [0.05, 0.1) is 45.5 Å². The van der Waals surface area contributed by atoms with E-state index in [1.54, 1.807) is 0 Å². The Morgan fingerprint density at radius 2 is 0.707 bits per heavy atom. The number of nitrogens with zero attached hydrogens (tertiary/aromatic N) is 4. The summed E-state index contributed by atoms with van der Waals surface area (Å²) >= 11 is 0. The molecule has 12 aromatic carbocycles.